The number of hydrogen-bond donors (Lipinski definition) is 2. The average molecular weight is 408 g/mol. The molecule has 156 valence electrons. The van der Waals surface area contributed by atoms with E-state index in [1.165, 1.54) is 6.26 Å². The smallest absolute Gasteiger partial charge is 0.306 e. The number of amides is 2. The quantitative estimate of drug-likeness (QED) is 0.418. The summed E-state index contributed by atoms with van der Waals surface area (Å²) >= 11 is 0. The summed E-state index contributed by atoms with van der Waals surface area (Å²) in [6, 6.07) is 16.9. The van der Waals surface area contributed by atoms with Crippen LogP contribution in [0.4, 0.5) is 0 Å². The molecule has 1 heterocycles. The first-order chi connectivity index (χ1) is 14.5. The van der Waals surface area contributed by atoms with Crippen LogP contribution in [0.25, 0.3) is 10.8 Å². The molecule has 0 saturated carbocycles. The van der Waals surface area contributed by atoms with Crippen molar-refractivity contribution in [1.29, 1.82) is 0 Å². The maximum absolute atomic E-state index is 12.2. The second kappa shape index (κ2) is 10.2. The van der Waals surface area contributed by atoms with E-state index in [9.17, 15) is 14.4 Å². The molecule has 1 aromatic heterocycles. The van der Waals surface area contributed by atoms with E-state index in [0.29, 0.717) is 13.0 Å². The molecule has 0 radical (unpaired) electrons. The number of ether oxygens (including phenoxy) is 1. The first-order valence-corrected chi connectivity index (χ1v) is 9.79. The monoisotopic (exact) mass is 408 g/mol. The maximum atomic E-state index is 12.2. The van der Waals surface area contributed by atoms with Crippen LogP contribution in [-0.4, -0.2) is 30.9 Å². The van der Waals surface area contributed by atoms with Crippen molar-refractivity contribution < 1.29 is 23.5 Å². The van der Waals surface area contributed by atoms with Gasteiger partial charge in [-0.3, -0.25) is 14.4 Å². The Labute approximate surface area is 174 Å². The van der Waals surface area contributed by atoms with Crippen LogP contribution in [-0.2, 0) is 14.3 Å². The van der Waals surface area contributed by atoms with Crippen molar-refractivity contribution in [2.45, 2.75) is 25.8 Å². The topological polar surface area (TPSA) is 97.6 Å². The SMILES string of the molecule is CC(NC(=O)COC(=O)CCCNC(=O)c1ccco1)c1cccc2ccccc12. The van der Waals surface area contributed by atoms with Crippen molar-refractivity contribution in [2.24, 2.45) is 0 Å². The highest BCUT2D eigenvalue weighted by Gasteiger charge is 2.14. The Morgan fingerprint density at radius 3 is 2.63 bits per heavy atom. The van der Waals surface area contributed by atoms with Gasteiger partial charge in [0.25, 0.3) is 11.8 Å². The largest absolute Gasteiger partial charge is 0.459 e. The zero-order valence-electron chi connectivity index (χ0n) is 16.7. The van der Waals surface area contributed by atoms with Crippen molar-refractivity contribution in [3.8, 4) is 0 Å². The van der Waals surface area contributed by atoms with E-state index < -0.39 is 5.97 Å². The molecule has 0 aliphatic heterocycles. The summed E-state index contributed by atoms with van der Waals surface area (Å²) in [5, 5.41) is 7.67. The van der Waals surface area contributed by atoms with E-state index in [4.69, 9.17) is 9.15 Å². The molecular formula is C23H24N2O5. The molecule has 1 atom stereocenters. The second-order valence-electron chi connectivity index (χ2n) is 6.86. The van der Waals surface area contributed by atoms with Gasteiger partial charge in [0.05, 0.1) is 12.3 Å². The van der Waals surface area contributed by atoms with Crippen LogP contribution >= 0.6 is 0 Å². The maximum Gasteiger partial charge on any atom is 0.306 e. The number of benzene rings is 2. The molecule has 1 unspecified atom stereocenters. The van der Waals surface area contributed by atoms with Gasteiger partial charge in [-0.2, -0.15) is 0 Å². The summed E-state index contributed by atoms with van der Waals surface area (Å²) in [6.45, 7) is 1.86. The number of nitrogens with one attached hydrogen (secondary N) is 2. The molecule has 3 aromatic rings. The summed E-state index contributed by atoms with van der Waals surface area (Å²) in [6.07, 6.45) is 1.92. The van der Waals surface area contributed by atoms with Crippen LogP contribution in [0.1, 0.15) is 41.9 Å². The molecule has 0 fully saturated rings. The molecule has 0 bridgehead atoms. The number of hydrogen-bond acceptors (Lipinski definition) is 5. The molecule has 2 N–H and O–H groups in total. The fourth-order valence-electron chi connectivity index (χ4n) is 3.14. The fraction of sp³-hybridized carbons (Fsp3) is 0.261. The van der Waals surface area contributed by atoms with Crippen LogP contribution in [0.5, 0.6) is 0 Å². The minimum absolute atomic E-state index is 0.102. The molecule has 2 amide bonds. The highest BCUT2D eigenvalue weighted by atomic mass is 16.5. The number of esters is 1. The van der Waals surface area contributed by atoms with Crippen LogP contribution in [0.15, 0.2) is 65.3 Å². The van der Waals surface area contributed by atoms with Crippen molar-refractivity contribution in [2.75, 3.05) is 13.2 Å². The lowest BCUT2D eigenvalue weighted by Gasteiger charge is -2.16. The molecule has 2 aromatic carbocycles. The zero-order valence-corrected chi connectivity index (χ0v) is 16.7. The van der Waals surface area contributed by atoms with E-state index >= 15 is 0 Å². The first-order valence-electron chi connectivity index (χ1n) is 9.79. The first kappa shape index (κ1) is 21.1. The summed E-state index contributed by atoms with van der Waals surface area (Å²) in [5.74, 6) is -0.977. The molecule has 0 spiro atoms. The number of fused-ring (bicyclic) bond motifs is 1. The Balaban J connectivity index is 1.37. The normalized spacial score (nSPS) is 11.6. The summed E-state index contributed by atoms with van der Waals surface area (Å²) in [5.41, 5.74) is 1.00. The predicted molar refractivity (Wildman–Crippen MR) is 112 cm³/mol. The van der Waals surface area contributed by atoms with Crippen molar-refractivity contribution in [3.63, 3.8) is 0 Å². The summed E-state index contributed by atoms with van der Waals surface area (Å²) < 4.78 is 10.0. The van der Waals surface area contributed by atoms with Crippen LogP contribution in [0, 0.1) is 0 Å². The van der Waals surface area contributed by atoms with Gasteiger partial charge in [-0.25, -0.2) is 0 Å². The Kier molecular flexibility index (Phi) is 7.21. The molecule has 0 aliphatic carbocycles. The van der Waals surface area contributed by atoms with E-state index in [1.807, 2.05) is 49.4 Å². The molecule has 0 saturated heterocycles. The van der Waals surface area contributed by atoms with E-state index in [0.717, 1.165) is 16.3 Å². The third-order valence-corrected chi connectivity index (χ3v) is 4.62. The third-order valence-electron chi connectivity index (χ3n) is 4.62. The van der Waals surface area contributed by atoms with Gasteiger partial charge < -0.3 is 19.8 Å². The minimum Gasteiger partial charge on any atom is -0.459 e. The highest BCUT2D eigenvalue weighted by Crippen LogP contribution is 2.23. The van der Waals surface area contributed by atoms with Gasteiger partial charge in [0.2, 0.25) is 0 Å². The van der Waals surface area contributed by atoms with Crippen molar-refractivity contribution in [1.82, 2.24) is 10.6 Å². The van der Waals surface area contributed by atoms with Crippen molar-refractivity contribution in [3.05, 3.63) is 72.2 Å². The highest BCUT2D eigenvalue weighted by molar-refractivity contribution is 5.91. The van der Waals surface area contributed by atoms with Crippen LogP contribution in [0.2, 0.25) is 0 Å². The number of furan rings is 1. The molecule has 3 rings (SSSR count). The third kappa shape index (κ3) is 5.70. The van der Waals surface area contributed by atoms with Gasteiger partial charge in [0.15, 0.2) is 12.4 Å². The lowest BCUT2D eigenvalue weighted by molar-refractivity contribution is -0.148. The molecule has 30 heavy (non-hydrogen) atoms. The van der Waals surface area contributed by atoms with Gasteiger partial charge in [0, 0.05) is 13.0 Å². The van der Waals surface area contributed by atoms with Gasteiger partial charge in [-0.05, 0) is 41.8 Å². The Morgan fingerprint density at radius 2 is 1.83 bits per heavy atom. The molecule has 7 nitrogen and oxygen atoms in total. The number of carbonyl (C=O) groups excluding carboxylic acids is 3. The Hall–Kier alpha value is -3.61. The predicted octanol–water partition coefficient (Wildman–Crippen LogP) is 3.36. The van der Waals surface area contributed by atoms with Crippen molar-refractivity contribution >= 4 is 28.6 Å². The second-order valence-corrected chi connectivity index (χ2v) is 6.86. The van der Waals surface area contributed by atoms with E-state index in [1.54, 1.807) is 12.1 Å². The minimum atomic E-state index is -0.491. The Bertz CT molecular complexity index is 1010. The lowest BCUT2D eigenvalue weighted by Crippen LogP contribution is -2.31. The Morgan fingerprint density at radius 1 is 1.03 bits per heavy atom. The van der Waals surface area contributed by atoms with Gasteiger partial charge in [-0.15, -0.1) is 0 Å². The van der Waals surface area contributed by atoms with Gasteiger partial charge >= 0.3 is 5.97 Å². The van der Waals surface area contributed by atoms with E-state index in [-0.39, 0.29) is 36.6 Å². The zero-order chi connectivity index (χ0) is 21.3. The number of carbonyl (C=O) groups is 3. The van der Waals surface area contributed by atoms with Crippen LogP contribution < -0.4 is 10.6 Å². The summed E-state index contributed by atoms with van der Waals surface area (Å²) in [4.78, 5) is 35.7. The van der Waals surface area contributed by atoms with Gasteiger partial charge in [0.1, 0.15) is 0 Å². The van der Waals surface area contributed by atoms with Crippen LogP contribution in [0.3, 0.4) is 0 Å². The average Bonchev–Trinajstić information content (AvgIpc) is 3.30. The lowest BCUT2D eigenvalue weighted by atomic mass is 10.00. The number of rotatable bonds is 9. The molecule has 7 heteroatoms. The fourth-order valence-corrected chi connectivity index (χ4v) is 3.14. The summed E-state index contributed by atoms with van der Waals surface area (Å²) in [7, 11) is 0. The standard InChI is InChI=1S/C23H24N2O5/c1-16(18-10-4-8-17-7-2-3-9-19(17)18)25-21(26)15-30-22(27)12-5-13-24-23(28)20-11-6-14-29-20/h2-4,6-11,14,16H,5,12-13,15H2,1H3,(H,24,28)(H,25,26). The van der Waals surface area contributed by atoms with Gasteiger partial charge in [-0.1, -0.05) is 42.5 Å². The molecular weight excluding hydrogens is 384 g/mol. The van der Waals surface area contributed by atoms with E-state index in [2.05, 4.69) is 10.6 Å². The molecule has 0 aliphatic rings.